The van der Waals surface area contributed by atoms with E-state index in [1.165, 1.54) is 0 Å². The van der Waals surface area contributed by atoms with Gasteiger partial charge in [-0.15, -0.1) is 0 Å². The maximum atomic E-state index is 6.24. The molecule has 0 aliphatic heterocycles. The highest BCUT2D eigenvalue weighted by molar-refractivity contribution is 9.10. The van der Waals surface area contributed by atoms with E-state index >= 15 is 0 Å². The van der Waals surface area contributed by atoms with Crippen LogP contribution in [0.25, 0.3) is 0 Å². The predicted molar refractivity (Wildman–Crippen MR) is 86.2 cm³/mol. The van der Waals surface area contributed by atoms with E-state index in [1.807, 2.05) is 30.3 Å². The summed E-state index contributed by atoms with van der Waals surface area (Å²) in [6.07, 6.45) is 0.646. The van der Waals surface area contributed by atoms with Crippen LogP contribution in [0, 0.1) is 0 Å². The predicted octanol–water partition coefficient (Wildman–Crippen LogP) is 5.65. The number of rotatable bonds is 3. The van der Waals surface area contributed by atoms with E-state index in [0.29, 0.717) is 21.5 Å². The summed E-state index contributed by atoms with van der Waals surface area (Å²) < 4.78 is 0.844. The van der Waals surface area contributed by atoms with Crippen molar-refractivity contribution in [3.8, 4) is 0 Å². The van der Waals surface area contributed by atoms with Gasteiger partial charge in [0.2, 0.25) is 0 Å². The Kier molecular flexibility index (Phi) is 5.15. The molecule has 5 heteroatoms. The molecule has 0 saturated heterocycles. The van der Waals surface area contributed by atoms with Crippen LogP contribution >= 0.6 is 50.7 Å². The van der Waals surface area contributed by atoms with E-state index < -0.39 is 0 Å². The van der Waals surface area contributed by atoms with Crippen molar-refractivity contribution in [3.05, 3.63) is 67.1 Å². The summed E-state index contributed by atoms with van der Waals surface area (Å²) in [5.74, 6) is 0. The van der Waals surface area contributed by atoms with Crippen LogP contribution < -0.4 is 5.73 Å². The Bertz CT molecular complexity index is 601. The molecule has 2 rings (SSSR count). The molecular formula is C14H11BrCl3N. The maximum Gasteiger partial charge on any atom is 0.0595 e. The standard InChI is InChI=1S/C14H11BrCl3N/c15-10-3-1-2-9(14(10)18)13(19)7-8-4-5-11(16)12(17)6-8/h1-6,13H,7,19H2. The lowest BCUT2D eigenvalue weighted by Gasteiger charge is -2.15. The summed E-state index contributed by atoms with van der Waals surface area (Å²) in [6, 6.07) is 11.1. The second kappa shape index (κ2) is 6.47. The van der Waals surface area contributed by atoms with Gasteiger partial charge < -0.3 is 5.73 Å². The Hall–Kier alpha value is -0.250. The lowest BCUT2D eigenvalue weighted by atomic mass is 10.00. The average Bonchev–Trinajstić information content (AvgIpc) is 2.37. The Morgan fingerprint density at radius 3 is 2.47 bits per heavy atom. The fraction of sp³-hybridized carbons (Fsp3) is 0.143. The van der Waals surface area contributed by atoms with E-state index in [4.69, 9.17) is 40.5 Å². The van der Waals surface area contributed by atoms with Crippen molar-refractivity contribution in [2.75, 3.05) is 0 Å². The van der Waals surface area contributed by atoms with Crippen LogP contribution in [0.3, 0.4) is 0 Å². The molecule has 0 bridgehead atoms. The molecule has 0 heterocycles. The largest absolute Gasteiger partial charge is 0.324 e. The Morgan fingerprint density at radius 2 is 1.79 bits per heavy atom. The van der Waals surface area contributed by atoms with E-state index in [9.17, 15) is 0 Å². The van der Waals surface area contributed by atoms with E-state index in [-0.39, 0.29) is 6.04 Å². The van der Waals surface area contributed by atoms with Gasteiger partial charge in [0, 0.05) is 10.5 Å². The molecule has 0 radical (unpaired) electrons. The highest BCUT2D eigenvalue weighted by Crippen LogP contribution is 2.31. The van der Waals surface area contributed by atoms with Crippen molar-refractivity contribution < 1.29 is 0 Å². The molecule has 2 aromatic rings. The van der Waals surface area contributed by atoms with E-state index in [1.54, 1.807) is 6.07 Å². The Labute approximate surface area is 135 Å². The molecule has 100 valence electrons. The van der Waals surface area contributed by atoms with Crippen LogP contribution in [-0.2, 0) is 6.42 Å². The van der Waals surface area contributed by atoms with Crippen LogP contribution in [0.4, 0.5) is 0 Å². The second-order valence-corrected chi connectivity index (χ2v) is 6.25. The van der Waals surface area contributed by atoms with Gasteiger partial charge in [0.05, 0.1) is 15.1 Å². The van der Waals surface area contributed by atoms with Crippen molar-refractivity contribution >= 4 is 50.7 Å². The van der Waals surface area contributed by atoms with Gasteiger partial charge in [-0.2, -0.15) is 0 Å². The fourth-order valence-corrected chi connectivity index (χ4v) is 2.81. The second-order valence-electron chi connectivity index (χ2n) is 4.20. The summed E-state index contributed by atoms with van der Waals surface area (Å²) in [5, 5.41) is 1.72. The molecule has 1 unspecified atom stereocenters. The average molecular weight is 380 g/mol. The minimum absolute atomic E-state index is 0.192. The lowest BCUT2D eigenvalue weighted by molar-refractivity contribution is 0.722. The SMILES string of the molecule is NC(Cc1ccc(Cl)c(Cl)c1)c1cccc(Br)c1Cl. The molecule has 0 aromatic heterocycles. The van der Waals surface area contributed by atoms with Crippen molar-refractivity contribution in [2.24, 2.45) is 5.73 Å². The molecule has 0 amide bonds. The van der Waals surface area contributed by atoms with Gasteiger partial charge in [-0.25, -0.2) is 0 Å². The molecule has 1 atom stereocenters. The minimum atomic E-state index is -0.192. The molecule has 0 fully saturated rings. The van der Waals surface area contributed by atoms with Crippen molar-refractivity contribution in [1.29, 1.82) is 0 Å². The van der Waals surface area contributed by atoms with E-state index in [0.717, 1.165) is 15.6 Å². The molecule has 1 nitrogen and oxygen atoms in total. The van der Waals surface area contributed by atoms with Crippen LogP contribution in [0.15, 0.2) is 40.9 Å². The molecule has 0 spiro atoms. The molecular weight excluding hydrogens is 368 g/mol. The number of benzene rings is 2. The zero-order valence-corrected chi connectivity index (χ0v) is 13.7. The normalized spacial score (nSPS) is 12.5. The van der Waals surface area contributed by atoms with Crippen molar-refractivity contribution in [2.45, 2.75) is 12.5 Å². The topological polar surface area (TPSA) is 26.0 Å². The fourth-order valence-electron chi connectivity index (χ4n) is 1.84. The molecule has 2 N–H and O–H groups in total. The zero-order valence-electron chi connectivity index (χ0n) is 9.84. The van der Waals surface area contributed by atoms with Crippen LogP contribution in [-0.4, -0.2) is 0 Å². The minimum Gasteiger partial charge on any atom is -0.324 e. The molecule has 0 aliphatic rings. The maximum absolute atomic E-state index is 6.24. The third-order valence-electron chi connectivity index (χ3n) is 2.82. The quantitative estimate of drug-likeness (QED) is 0.732. The van der Waals surface area contributed by atoms with Gasteiger partial charge in [0.25, 0.3) is 0 Å². The first kappa shape index (κ1) is 15.1. The van der Waals surface area contributed by atoms with E-state index in [2.05, 4.69) is 15.9 Å². The van der Waals surface area contributed by atoms with Gasteiger partial charge in [-0.1, -0.05) is 53.0 Å². The number of nitrogens with two attached hydrogens (primary N) is 1. The van der Waals surface area contributed by atoms with Gasteiger partial charge in [-0.05, 0) is 51.7 Å². The highest BCUT2D eigenvalue weighted by atomic mass is 79.9. The van der Waals surface area contributed by atoms with Gasteiger partial charge in [0.1, 0.15) is 0 Å². The van der Waals surface area contributed by atoms with Crippen molar-refractivity contribution in [1.82, 2.24) is 0 Å². The Balaban J connectivity index is 2.23. The number of hydrogen-bond acceptors (Lipinski definition) is 1. The molecule has 2 aromatic carbocycles. The zero-order chi connectivity index (χ0) is 14.0. The first-order chi connectivity index (χ1) is 8.99. The third-order valence-corrected chi connectivity index (χ3v) is 4.87. The summed E-state index contributed by atoms with van der Waals surface area (Å²) >= 11 is 21.5. The molecule has 0 saturated carbocycles. The monoisotopic (exact) mass is 377 g/mol. The first-order valence-electron chi connectivity index (χ1n) is 5.62. The summed E-state index contributed by atoms with van der Waals surface area (Å²) in [6.45, 7) is 0. The summed E-state index contributed by atoms with van der Waals surface area (Å²) in [7, 11) is 0. The molecule has 0 aliphatic carbocycles. The molecule has 19 heavy (non-hydrogen) atoms. The smallest absolute Gasteiger partial charge is 0.0595 e. The lowest BCUT2D eigenvalue weighted by Crippen LogP contribution is -2.14. The van der Waals surface area contributed by atoms with Gasteiger partial charge in [0.15, 0.2) is 0 Å². The number of halogens is 4. The van der Waals surface area contributed by atoms with Crippen LogP contribution in [0.2, 0.25) is 15.1 Å². The van der Waals surface area contributed by atoms with Gasteiger partial charge >= 0.3 is 0 Å². The van der Waals surface area contributed by atoms with Gasteiger partial charge in [-0.3, -0.25) is 0 Å². The highest BCUT2D eigenvalue weighted by Gasteiger charge is 2.13. The van der Waals surface area contributed by atoms with Crippen molar-refractivity contribution in [3.63, 3.8) is 0 Å². The first-order valence-corrected chi connectivity index (χ1v) is 7.55. The summed E-state index contributed by atoms with van der Waals surface area (Å²) in [4.78, 5) is 0. The summed E-state index contributed by atoms with van der Waals surface area (Å²) in [5.41, 5.74) is 8.13. The Morgan fingerprint density at radius 1 is 1.05 bits per heavy atom. The van der Waals surface area contributed by atoms with Crippen LogP contribution in [0.1, 0.15) is 17.2 Å². The van der Waals surface area contributed by atoms with Crippen LogP contribution in [0.5, 0.6) is 0 Å². The third kappa shape index (κ3) is 3.65. The number of hydrogen-bond donors (Lipinski definition) is 1.